The number of ketones is 1. The third-order valence-corrected chi connectivity index (χ3v) is 2.95. The van der Waals surface area contributed by atoms with Gasteiger partial charge in [-0.2, -0.15) is 0 Å². The van der Waals surface area contributed by atoms with Gasteiger partial charge in [0.15, 0.2) is 0 Å². The van der Waals surface area contributed by atoms with Gasteiger partial charge < -0.3 is 9.78 Å². The summed E-state index contributed by atoms with van der Waals surface area (Å²) in [5.74, 6) is 0.249. The highest BCUT2D eigenvalue weighted by molar-refractivity contribution is 5.87. The molecule has 0 aliphatic carbocycles. The van der Waals surface area contributed by atoms with Gasteiger partial charge >= 0.3 is 0 Å². The fraction of sp³-hybridized carbons (Fsp3) is 0.357. The standard InChI is InChI=1S/C14H17NO/c1-9-6-10(2)14-12(5-4-11(3)16)8-15-13(14)7-9/h6-8,15H,4-5H2,1-3H3. The number of aryl methyl sites for hydroxylation is 3. The van der Waals surface area contributed by atoms with Crippen molar-refractivity contribution in [1.29, 1.82) is 0 Å². The molecule has 0 saturated heterocycles. The van der Waals surface area contributed by atoms with Gasteiger partial charge in [-0.05, 0) is 49.9 Å². The van der Waals surface area contributed by atoms with E-state index in [-0.39, 0.29) is 5.78 Å². The average molecular weight is 215 g/mol. The highest BCUT2D eigenvalue weighted by atomic mass is 16.1. The fourth-order valence-corrected chi connectivity index (χ4v) is 2.25. The molecule has 1 heterocycles. The molecule has 0 saturated carbocycles. The molecule has 0 unspecified atom stereocenters. The van der Waals surface area contributed by atoms with Crippen LogP contribution in [0.4, 0.5) is 0 Å². The molecular formula is C14H17NO. The summed E-state index contributed by atoms with van der Waals surface area (Å²) >= 11 is 0. The number of H-pyrrole nitrogens is 1. The van der Waals surface area contributed by atoms with Crippen molar-refractivity contribution in [3.8, 4) is 0 Å². The Hall–Kier alpha value is -1.57. The lowest BCUT2D eigenvalue weighted by Gasteiger charge is -2.02. The van der Waals surface area contributed by atoms with Gasteiger partial charge in [-0.25, -0.2) is 0 Å². The minimum absolute atomic E-state index is 0.249. The lowest BCUT2D eigenvalue weighted by atomic mass is 10.0. The second-order valence-corrected chi connectivity index (χ2v) is 4.52. The molecule has 0 amide bonds. The largest absolute Gasteiger partial charge is 0.361 e. The molecule has 1 aromatic carbocycles. The van der Waals surface area contributed by atoms with Crippen molar-refractivity contribution in [2.75, 3.05) is 0 Å². The molecule has 2 heteroatoms. The molecule has 0 atom stereocenters. The number of hydrogen-bond acceptors (Lipinski definition) is 1. The first kappa shape index (κ1) is 10.9. The Morgan fingerprint density at radius 3 is 2.75 bits per heavy atom. The maximum atomic E-state index is 11.0. The number of hydrogen-bond donors (Lipinski definition) is 1. The van der Waals surface area contributed by atoms with Crippen molar-refractivity contribution in [2.24, 2.45) is 0 Å². The summed E-state index contributed by atoms with van der Waals surface area (Å²) in [6.45, 7) is 5.87. The second-order valence-electron chi connectivity index (χ2n) is 4.52. The van der Waals surface area contributed by atoms with E-state index < -0.39 is 0 Å². The van der Waals surface area contributed by atoms with Crippen LogP contribution >= 0.6 is 0 Å². The molecule has 2 aromatic rings. The Morgan fingerprint density at radius 2 is 2.06 bits per heavy atom. The molecule has 0 spiro atoms. The Labute approximate surface area is 95.7 Å². The third-order valence-electron chi connectivity index (χ3n) is 2.95. The van der Waals surface area contributed by atoms with Crippen LogP contribution in [0.15, 0.2) is 18.3 Å². The monoisotopic (exact) mass is 215 g/mol. The van der Waals surface area contributed by atoms with Gasteiger partial charge in [0.2, 0.25) is 0 Å². The van der Waals surface area contributed by atoms with Crippen LogP contribution < -0.4 is 0 Å². The first-order valence-electron chi connectivity index (χ1n) is 5.64. The lowest BCUT2D eigenvalue weighted by Crippen LogP contribution is -1.93. The zero-order valence-electron chi connectivity index (χ0n) is 10.1. The number of aromatic amines is 1. The number of benzene rings is 1. The summed E-state index contributed by atoms with van der Waals surface area (Å²) < 4.78 is 0. The number of rotatable bonds is 3. The number of carbonyl (C=O) groups excluding carboxylic acids is 1. The molecule has 0 radical (unpaired) electrons. The van der Waals surface area contributed by atoms with E-state index in [0.29, 0.717) is 6.42 Å². The molecule has 16 heavy (non-hydrogen) atoms. The molecule has 0 aliphatic rings. The Balaban J connectivity index is 2.43. The zero-order chi connectivity index (χ0) is 11.7. The maximum Gasteiger partial charge on any atom is 0.130 e. The molecule has 2 nitrogen and oxygen atoms in total. The summed E-state index contributed by atoms with van der Waals surface area (Å²) in [6, 6.07) is 4.34. The van der Waals surface area contributed by atoms with Gasteiger partial charge in [-0.15, -0.1) is 0 Å². The predicted molar refractivity (Wildman–Crippen MR) is 66.8 cm³/mol. The summed E-state index contributed by atoms with van der Waals surface area (Å²) in [5, 5.41) is 1.28. The predicted octanol–water partition coefficient (Wildman–Crippen LogP) is 3.31. The van der Waals surface area contributed by atoms with Gasteiger partial charge in [0.1, 0.15) is 5.78 Å². The normalized spacial score (nSPS) is 10.9. The van der Waals surface area contributed by atoms with E-state index in [1.54, 1.807) is 6.92 Å². The van der Waals surface area contributed by atoms with Crippen LogP contribution in [0.2, 0.25) is 0 Å². The van der Waals surface area contributed by atoms with Crippen LogP contribution in [-0.2, 0) is 11.2 Å². The molecule has 0 fully saturated rings. The fourth-order valence-electron chi connectivity index (χ4n) is 2.25. The van der Waals surface area contributed by atoms with E-state index in [0.717, 1.165) is 6.42 Å². The van der Waals surface area contributed by atoms with Crippen molar-refractivity contribution in [3.63, 3.8) is 0 Å². The van der Waals surface area contributed by atoms with Crippen molar-refractivity contribution in [1.82, 2.24) is 4.98 Å². The van der Waals surface area contributed by atoms with Gasteiger partial charge in [-0.1, -0.05) is 6.07 Å². The number of fused-ring (bicyclic) bond motifs is 1. The van der Waals surface area contributed by atoms with Crippen molar-refractivity contribution < 1.29 is 4.79 Å². The highest BCUT2D eigenvalue weighted by Crippen LogP contribution is 2.24. The van der Waals surface area contributed by atoms with Crippen LogP contribution in [0.5, 0.6) is 0 Å². The number of aromatic nitrogens is 1. The first-order valence-corrected chi connectivity index (χ1v) is 5.64. The topological polar surface area (TPSA) is 32.9 Å². The molecule has 84 valence electrons. The quantitative estimate of drug-likeness (QED) is 0.837. The molecular weight excluding hydrogens is 198 g/mol. The van der Waals surface area contributed by atoms with Crippen LogP contribution in [0.3, 0.4) is 0 Å². The van der Waals surface area contributed by atoms with Crippen LogP contribution in [-0.4, -0.2) is 10.8 Å². The Kier molecular flexibility index (Phi) is 2.82. The van der Waals surface area contributed by atoms with E-state index in [1.165, 1.54) is 27.6 Å². The minimum atomic E-state index is 0.249. The van der Waals surface area contributed by atoms with E-state index in [4.69, 9.17) is 0 Å². The summed E-state index contributed by atoms with van der Waals surface area (Å²) in [5.41, 5.74) is 4.98. The Bertz CT molecular complexity index is 537. The molecule has 0 bridgehead atoms. The molecule has 2 rings (SSSR count). The number of Topliss-reactive ketones (excluding diaryl/α,β-unsaturated/α-hetero) is 1. The van der Waals surface area contributed by atoms with Gasteiger partial charge in [0.25, 0.3) is 0 Å². The van der Waals surface area contributed by atoms with E-state index in [9.17, 15) is 4.79 Å². The zero-order valence-corrected chi connectivity index (χ0v) is 10.1. The van der Waals surface area contributed by atoms with Crippen molar-refractivity contribution in [2.45, 2.75) is 33.6 Å². The molecule has 1 N–H and O–H groups in total. The second kappa shape index (κ2) is 4.12. The minimum Gasteiger partial charge on any atom is -0.361 e. The highest BCUT2D eigenvalue weighted by Gasteiger charge is 2.07. The van der Waals surface area contributed by atoms with Crippen LogP contribution in [0.1, 0.15) is 30.0 Å². The van der Waals surface area contributed by atoms with Crippen LogP contribution in [0, 0.1) is 13.8 Å². The average Bonchev–Trinajstić information content (AvgIpc) is 2.57. The van der Waals surface area contributed by atoms with Crippen molar-refractivity contribution in [3.05, 3.63) is 35.0 Å². The smallest absolute Gasteiger partial charge is 0.130 e. The van der Waals surface area contributed by atoms with Crippen molar-refractivity contribution >= 4 is 16.7 Å². The maximum absolute atomic E-state index is 11.0. The number of carbonyl (C=O) groups is 1. The van der Waals surface area contributed by atoms with E-state index in [2.05, 4.69) is 31.0 Å². The lowest BCUT2D eigenvalue weighted by molar-refractivity contribution is -0.116. The van der Waals surface area contributed by atoms with E-state index >= 15 is 0 Å². The van der Waals surface area contributed by atoms with Gasteiger partial charge in [-0.3, -0.25) is 0 Å². The van der Waals surface area contributed by atoms with Crippen LogP contribution in [0.25, 0.3) is 10.9 Å². The van der Waals surface area contributed by atoms with Gasteiger partial charge in [0.05, 0.1) is 0 Å². The first-order chi connectivity index (χ1) is 7.58. The Morgan fingerprint density at radius 1 is 1.31 bits per heavy atom. The molecule has 1 aromatic heterocycles. The SMILES string of the molecule is CC(=O)CCc1c[nH]c2cc(C)cc(C)c12. The van der Waals surface area contributed by atoms with Gasteiger partial charge in [0, 0.05) is 23.5 Å². The summed E-state index contributed by atoms with van der Waals surface area (Å²) in [7, 11) is 0. The number of nitrogens with one attached hydrogen (secondary N) is 1. The summed E-state index contributed by atoms with van der Waals surface area (Å²) in [4.78, 5) is 14.3. The third kappa shape index (κ3) is 2.01. The summed E-state index contributed by atoms with van der Waals surface area (Å²) in [6.07, 6.45) is 3.49. The van der Waals surface area contributed by atoms with E-state index in [1.807, 2.05) is 6.20 Å². The molecule has 0 aliphatic heterocycles.